The quantitative estimate of drug-likeness (QED) is 0.471. The first-order chi connectivity index (χ1) is 13.5. The Morgan fingerprint density at radius 3 is 2.89 bits per heavy atom. The highest BCUT2D eigenvalue weighted by Gasteiger charge is 2.20. The molecule has 0 atom stereocenters. The van der Waals surface area contributed by atoms with Crippen LogP contribution in [0.5, 0.6) is 0 Å². The van der Waals surface area contributed by atoms with Crippen LogP contribution in [0.2, 0.25) is 5.02 Å². The van der Waals surface area contributed by atoms with E-state index in [1.807, 2.05) is 18.2 Å². The first-order valence-electron chi connectivity index (χ1n) is 8.98. The van der Waals surface area contributed by atoms with E-state index in [0.29, 0.717) is 35.6 Å². The molecule has 0 fully saturated rings. The summed E-state index contributed by atoms with van der Waals surface area (Å²) in [6.45, 7) is 2.70. The first kappa shape index (κ1) is 19.1. The maximum Gasteiger partial charge on any atom is 0.224 e. The molecular weight excluding hydrogens is 396 g/mol. The van der Waals surface area contributed by atoms with Crippen molar-refractivity contribution in [2.45, 2.75) is 38.1 Å². The predicted octanol–water partition coefficient (Wildman–Crippen LogP) is 4.42. The van der Waals surface area contributed by atoms with E-state index in [1.165, 1.54) is 11.8 Å². The van der Waals surface area contributed by atoms with Crippen molar-refractivity contribution in [3.8, 4) is 11.4 Å². The molecule has 28 heavy (non-hydrogen) atoms. The fourth-order valence-electron chi connectivity index (χ4n) is 3.38. The van der Waals surface area contributed by atoms with Gasteiger partial charge in [-0.2, -0.15) is 9.97 Å². The molecule has 0 saturated heterocycles. The summed E-state index contributed by atoms with van der Waals surface area (Å²) in [5.41, 5.74) is 8.89. The number of thioether (sulfide) groups is 1. The van der Waals surface area contributed by atoms with Gasteiger partial charge in [0.15, 0.2) is 11.0 Å². The molecule has 1 aliphatic heterocycles. The van der Waals surface area contributed by atoms with Gasteiger partial charge in [-0.05, 0) is 41.3 Å². The van der Waals surface area contributed by atoms with Crippen molar-refractivity contribution in [3.05, 3.63) is 40.4 Å². The Morgan fingerprint density at radius 1 is 1.25 bits per heavy atom. The number of aromatic nitrogens is 3. The van der Waals surface area contributed by atoms with Gasteiger partial charge in [-0.3, -0.25) is 0 Å². The SMILES string of the molecule is CC(=O)CCCSc1nc(N)nc(-c2c(Cl)cc3c4c(cccc24)COC3)n1. The molecule has 0 radical (unpaired) electrons. The molecule has 0 spiro atoms. The molecule has 0 aliphatic carbocycles. The Balaban J connectivity index is 1.75. The molecule has 2 aromatic carbocycles. The first-order valence-corrected chi connectivity index (χ1v) is 10.3. The van der Waals surface area contributed by atoms with Gasteiger partial charge < -0.3 is 15.3 Å². The van der Waals surface area contributed by atoms with E-state index >= 15 is 0 Å². The van der Waals surface area contributed by atoms with E-state index in [-0.39, 0.29) is 11.7 Å². The van der Waals surface area contributed by atoms with Crippen molar-refractivity contribution < 1.29 is 9.53 Å². The number of halogens is 1. The van der Waals surface area contributed by atoms with Crippen LogP contribution in [0.3, 0.4) is 0 Å². The van der Waals surface area contributed by atoms with E-state index in [0.717, 1.165) is 39.6 Å². The second kappa shape index (κ2) is 8.03. The predicted molar refractivity (Wildman–Crippen MR) is 111 cm³/mol. The molecule has 0 bridgehead atoms. The highest BCUT2D eigenvalue weighted by Crippen LogP contribution is 2.39. The van der Waals surface area contributed by atoms with Crippen molar-refractivity contribution in [1.82, 2.24) is 15.0 Å². The number of benzene rings is 2. The van der Waals surface area contributed by atoms with Crippen LogP contribution >= 0.6 is 23.4 Å². The average molecular weight is 415 g/mol. The molecule has 4 rings (SSSR count). The minimum Gasteiger partial charge on any atom is -0.372 e. The third kappa shape index (κ3) is 3.83. The van der Waals surface area contributed by atoms with Crippen molar-refractivity contribution in [1.29, 1.82) is 0 Å². The normalized spacial score (nSPS) is 13.1. The number of ketones is 1. The molecule has 1 aromatic heterocycles. The number of nitrogens with zero attached hydrogens (tertiary/aromatic N) is 3. The van der Waals surface area contributed by atoms with Gasteiger partial charge in [0.25, 0.3) is 0 Å². The van der Waals surface area contributed by atoms with Crippen molar-refractivity contribution in [2.75, 3.05) is 11.5 Å². The Bertz CT molecular complexity index is 1070. The third-order valence-electron chi connectivity index (χ3n) is 4.56. The number of carbonyl (C=O) groups excluding carboxylic acids is 1. The summed E-state index contributed by atoms with van der Waals surface area (Å²) in [6.07, 6.45) is 1.31. The van der Waals surface area contributed by atoms with Crippen LogP contribution in [0.4, 0.5) is 5.95 Å². The van der Waals surface area contributed by atoms with Crippen LogP contribution in [0, 0.1) is 0 Å². The smallest absolute Gasteiger partial charge is 0.224 e. The van der Waals surface area contributed by atoms with Gasteiger partial charge in [-0.15, -0.1) is 0 Å². The zero-order chi connectivity index (χ0) is 19.7. The lowest BCUT2D eigenvalue weighted by Gasteiger charge is -2.20. The van der Waals surface area contributed by atoms with Crippen LogP contribution < -0.4 is 5.73 Å². The highest BCUT2D eigenvalue weighted by molar-refractivity contribution is 7.99. The van der Waals surface area contributed by atoms with Crippen LogP contribution in [0.1, 0.15) is 30.9 Å². The molecule has 3 aromatic rings. The van der Waals surface area contributed by atoms with Gasteiger partial charge in [-0.25, -0.2) is 4.98 Å². The van der Waals surface area contributed by atoms with Gasteiger partial charge in [0.2, 0.25) is 5.95 Å². The molecule has 8 heteroatoms. The second-order valence-electron chi connectivity index (χ2n) is 6.68. The Kier molecular flexibility index (Phi) is 5.48. The Hall–Kier alpha value is -2.22. The number of hydrogen-bond acceptors (Lipinski definition) is 7. The van der Waals surface area contributed by atoms with Gasteiger partial charge in [0.1, 0.15) is 5.78 Å². The van der Waals surface area contributed by atoms with Crippen LogP contribution in [0.25, 0.3) is 22.2 Å². The molecule has 0 unspecified atom stereocenters. The standard InChI is InChI=1S/C20H19ClN4O2S/c1-11(26)4-3-7-28-20-24-18(23-19(22)25-20)17-14-6-2-5-12-9-27-10-13(16(12)14)8-15(17)21/h2,5-6,8H,3-4,7,9-10H2,1H3,(H2,22,23,24,25). The maximum absolute atomic E-state index is 11.1. The Morgan fingerprint density at radius 2 is 2.07 bits per heavy atom. The number of carbonyl (C=O) groups is 1. The summed E-state index contributed by atoms with van der Waals surface area (Å²) in [4.78, 5) is 24.3. The molecule has 0 amide bonds. The molecule has 6 nitrogen and oxygen atoms in total. The second-order valence-corrected chi connectivity index (χ2v) is 8.15. The number of Topliss-reactive ketones (excluding diaryl/α,β-unsaturated/α-hetero) is 1. The van der Waals surface area contributed by atoms with Crippen molar-refractivity contribution >= 4 is 45.9 Å². The number of nitrogens with two attached hydrogens (primary N) is 1. The van der Waals surface area contributed by atoms with Gasteiger partial charge in [-0.1, -0.05) is 41.6 Å². The number of anilines is 1. The fourth-order valence-corrected chi connectivity index (χ4v) is 4.48. The number of ether oxygens (including phenoxy) is 1. The fraction of sp³-hybridized carbons (Fsp3) is 0.300. The molecule has 2 heterocycles. The summed E-state index contributed by atoms with van der Waals surface area (Å²) in [5, 5.41) is 3.22. The van der Waals surface area contributed by atoms with Gasteiger partial charge in [0, 0.05) is 17.7 Å². The van der Waals surface area contributed by atoms with Gasteiger partial charge in [0.05, 0.1) is 18.2 Å². The summed E-state index contributed by atoms with van der Waals surface area (Å²) < 4.78 is 5.65. The molecular formula is C20H19ClN4O2S. The lowest BCUT2D eigenvalue weighted by atomic mass is 9.94. The largest absolute Gasteiger partial charge is 0.372 e. The minimum absolute atomic E-state index is 0.152. The Labute approximate surface area is 171 Å². The molecule has 1 aliphatic rings. The molecule has 2 N–H and O–H groups in total. The van der Waals surface area contributed by atoms with Crippen molar-refractivity contribution in [2.24, 2.45) is 0 Å². The van der Waals surface area contributed by atoms with E-state index in [1.54, 1.807) is 6.92 Å². The minimum atomic E-state index is 0.152. The number of hydrogen-bond donors (Lipinski definition) is 1. The zero-order valence-corrected chi connectivity index (χ0v) is 16.9. The van der Waals surface area contributed by atoms with E-state index < -0.39 is 0 Å². The number of rotatable bonds is 6. The summed E-state index contributed by atoms with van der Waals surface area (Å²) in [7, 11) is 0. The van der Waals surface area contributed by atoms with Crippen LogP contribution in [-0.2, 0) is 22.7 Å². The van der Waals surface area contributed by atoms with Crippen molar-refractivity contribution in [3.63, 3.8) is 0 Å². The van der Waals surface area contributed by atoms with E-state index in [9.17, 15) is 4.79 Å². The van der Waals surface area contributed by atoms with Crippen LogP contribution in [0.15, 0.2) is 29.4 Å². The van der Waals surface area contributed by atoms with Gasteiger partial charge >= 0.3 is 0 Å². The average Bonchev–Trinajstić information content (AvgIpc) is 2.65. The summed E-state index contributed by atoms with van der Waals surface area (Å²) in [6, 6.07) is 7.98. The maximum atomic E-state index is 11.1. The topological polar surface area (TPSA) is 91.0 Å². The zero-order valence-electron chi connectivity index (χ0n) is 15.4. The highest BCUT2D eigenvalue weighted by atomic mass is 35.5. The monoisotopic (exact) mass is 414 g/mol. The molecule has 144 valence electrons. The lowest BCUT2D eigenvalue weighted by molar-refractivity contribution is -0.117. The van der Waals surface area contributed by atoms with E-state index in [4.69, 9.17) is 22.1 Å². The third-order valence-corrected chi connectivity index (χ3v) is 5.79. The summed E-state index contributed by atoms with van der Waals surface area (Å²) >= 11 is 8.08. The number of nitrogen functional groups attached to an aromatic ring is 1. The molecule has 0 saturated carbocycles. The summed E-state index contributed by atoms with van der Waals surface area (Å²) in [5.74, 6) is 1.52. The van der Waals surface area contributed by atoms with Crippen LogP contribution in [-0.4, -0.2) is 26.5 Å². The lowest BCUT2D eigenvalue weighted by Crippen LogP contribution is -2.07. The van der Waals surface area contributed by atoms with E-state index in [2.05, 4.69) is 21.0 Å².